The van der Waals surface area contributed by atoms with Crippen LogP contribution in [0.25, 0.3) is 0 Å². The Bertz CT molecular complexity index is 436. The Morgan fingerprint density at radius 3 is 2.84 bits per heavy atom. The zero-order valence-electron chi connectivity index (χ0n) is 11.9. The molecule has 1 amide bonds. The molecule has 0 bridgehead atoms. The molecule has 19 heavy (non-hydrogen) atoms. The number of carbonyl (C=O) groups is 1. The average molecular weight is 260 g/mol. The van der Waals surface area contributed by atoms with Gasteiger partial charge in [0.05, 0.1) is 0 Å². The number of nitrogens with one attached hydrogen (secondary N) is 1. The molecule has 0 saturated heterocycles. The minimum atomic E-state index is -0.00590. The first-order chi connectivity index (χ1) is 9.04. The summed E-state index contributed by atoms with van der Waals surface area (Å²) in [5, 5.41) is 3.05. The first-order valence-electron chi connectivity index (χ1n) is 7.20. The van der Waals surface area contributed by atoms with Gasteiger partial charge in [-0.25, -0.2) is 0 Å². The van der Waals surface area contributed by atoms with Gasteiger partial charge in [-0.15, -0.1) is 0 Å². The first-order valence-corrected chi connectivity index (χ1v) is 7.20. The number of nitrogen functional groups attached to an aromatic ring is 1. The normalized spacial score (nSPS) is 23.1. The highest BCUT2D eigenvalue weighted by molar-refractivity contribution is 5.95. The van der Waals surface area contributed by atoms with Crippen LogP contribution in [-0.4, -0.2) is 12.5 Å². The summed E-state index contributed by atoms with van der Waals surface area (Å²) in [5.41, 5.74) is 8.12. The lowest BCUT2D eigenvalue weighted by molar-refractivity contribution is 0.0940. The van der Waals surface area contributed by atoms with Crippen LogP contribution in [0.3, 0.4) is 0 Å². The van der Waals surface area contributed by atoms with Gasteiger partial charge < -0.3 is 11.1 Å². The van der Waals surface area contributed by atoms with E-state index in [1.54, 1.807) is 6.07 Å². The number of aryl methyl sites for hydroxylation is 1. The molecule has 2 atom stereocenters. The van der Waals surface area contributed by atoms with E-state index in [4.69, 9.17) is 5.73 Å². The molecule has 1 fully saturated rings. The lowest BCUT2D eigenvalue weighted by Crippen LogP contribution is -2.31. The summed E-state index contributed by atoms with van der Waals surface area (Å²) in [7, 11) is 0. The van der Waals surface area contributed by atoms with E-state index in [-0.39, 0.29) is 5.91 Å². The molecule has 2 rings (SSSR count). The topological polar surface area (TPSA) is 55.1 Å². The summed E-state index contributed by atoms with van der Waals surface area (Å²) < 4.78 is 0. The largest absolute Gasteiger partial charge is 0.399 e. The molecule has 3 nitrogen and oxygen atoms in total. The van der Waals surface area contributed by atoms with Crippen molar-refractivity contribution in [1.82, 2.24) is 5.32 Å². The zero-order chi connectivity index (χ0) is 13.8. The van der Waals surface area contributed by atoms with Crippen molar-refractivity contribution in [2.24, 2.45) is 11.8 Å². The van der Waals surface area contributed by atoms with Gasteiger partial charge in [0, 0.05) is 17.8 Å². The van der Waals surface area contributed by atoms with Crippen molar-refractivity contribution in [3.05, 3.63) is 29.3 Å². The molecule has 0 spiro atoms. The van der Waals surface area contributed by atoms with Crippen molar-refractivity contribution in [3.8, 4) is 0 Å². The van der Waals surface area contributed by atoms with Crippen LogP contribution < -0.4 is 11.1 Å². The van der Waals surface area contributed by atoms with Crippen molar-refractivity contribution in [3.63, 3.8) is 0 Å². The van der Waals surface area contributed by atoms with Crippen molar-refractivity contribution in [1.29, 1.82) is 0 Å². The Kier molecular flexibility index (Phi) is 4.46. The summed E-state index contributed by atoms with van der Waals surface area (Å²) in [5.74, 6) is 1.42. The SMILES string of the molecule is Cc1cc(N)cc(C(=O)NCC2CCCC(C)C2)c1. The number of benzene rings is 1. The molecule has 104 valence electrons. The number of rotatable bonds is 3. The fourth-order valence-corrected chi connectivity index (χ4v) is 3.03. The summed E-state index contributed by atoms with van der Waals surface area (Å²) in [4.78, 5) is 12.1. The Balaban J connectivity index is 1.90. The minimum absolute atomic E-state index is 0.00590. The highest BCUT2D eigenvalue weighted by Crippen LogP contribution is 2.28. The van der Waals surface area contributed by atoms with Gasteiger partial charge in [-0.2, -0.15) is 0 Å². The third-order valence-corrected chi connectivity index (χ3v) is 3.96. The molecule has 1 aliphatic rings. The third-order valence-electron chi connectivity index (χ3n) is 3.96. The Labute approximate surface area is 115 Å². The Morgan fingerprint density at radius 1 is 1.37 bits per heavy atom. The maximum atomic E-state index is 12.1. The fourth-order valence-electron chi connectivity index (χ4n) is 3.03. The fraction of sp³-hybridized carbons (Fsp3) is 0.562. The van der Waals surface area contributed by atoms with E-state index in [0.29, 0.717) is 17.2 Å². The molecule has 1 aliphatic carbocycles. The maximum absolute atomic E-state index is 12.1. The van der Waals surface area contributed by atoms with Crippen LogP contribution in [0.2, 0.25) is 0 Å². The van der Waals surface area contributed by atoms with Crippen LogP contribution >= 0.6 is 0 Å². The maximum Gasteiger partial charge on any atom is 0.251 e. The van der Waals surface area contributed by atoms with Crippen molar-refractivity contribution >= 4 is 11.6 Å². The van der Waals surface area contributed by atoms with E-state index in [9.17, 15) is 4.79 Å². The highest BCUT2D eigenvalue weighted by Gasteiger charge is 2.19. The predicted octanol–water partition coefficient (Wildman–Crippen LogP) is 3.13. The lowest BCUT2D eigenvalue weighted by Gasteiger charge is -2.26. The van der Waals surface area contributed by atoms with Crippen LogP contribution in [0.4, 0.5) is 5.69 Å². The van der Waals surface area contributed by atoms with Gasteiger partial charge in [-0.1, -0.05) is 19.8 Å². The quantitative estimate of drug-likeness (QED) is 0.820. The van der Waals surface area contributed by atoms with E-state index < -0.39 is 0 Å². The van der Waals surface area contributed by atoms with E-state index >= 15 is 0 Å². The minimum Gasteiger partial charge on any atom is -0.399 e. The smallest absolute Gasteiger partial charge is 0.251 e. The summed E-state index contributed by atoms with van der Waals surface area (Å²) in [6.07, 6.45) is 5.09. The molecular formula is C16H24N2O. The van der Waals surface area contributed by atoms with Crippen molar-refractivity contribution < 1.29 is 4.79 Å². The van der Waals surface area contributed by atoms with Crippen molar-refractivity contribution in [2.75, 3.05) is 12.3 Å². The summed E-state index contributed by atoms with van der Waals surface area (Å²) >= 11 is 0. The molecule has 0 aliphatic heterocycles. The van der Waals surface area contributed by atoms with Crippen LogP contribution in [-0.2, 0) is 0 Å². The monoisotopic (exact) mass is 260 g/mol. The van der Waals surface area contributed by atoms with Crippen LogP contribution in [0.1, 0.15) is 48.5 Å². The highest BCUT2D eigenvalue weighted by atomic mass is 16.1. The van der Waals surface area contributed by atoms with E-state index in [0.717, 1.165) is 18.0 Å². The van der Waals surface area contributed by atoms with E-state index in [1.807, 2.05) is 19.1 Å². The number of hydrogen-bond donors (Lipinski definition) is 2. The summed E-state index contributed by atoms with van der Waals surface area (Å²) in [6.45, 7) is 5.04. The molecule has 0 heterocycles. The van der Waals surface area contributed by atoms with Crippen molar-refractivity contribution in [2.45, 2.75) is 39.5 Å². The van der Waals surface area contributed by atoms with Gasteiger partial charge in [-0.05, 0) is 55.4 Å². The Hall–Kier alpha value is -1.51. The molecule has 2 unspecified atom stereocenters. The first kappa shape index (κ1) is 13.9. The number of hydrogen-bond acceptors (Lipinski definition) is 2. The van der Waals surface area contributed by atoms with Gasteiger partial charge in [-0.3, -0.25) is 4.79 Å². The number of nitrogens with two attached hydrogens (primary N) is 1. The number of carbonyl (C=O) groups excluding carboxylic acids is 1. The van der Waals surface area contributed by atoms with Gasteiger partial charge in [0.25, 0.3) is 5.91 Å². The standard InChI is InChI=1S/C16H24N2O/c1-11-4-3-5-13(6-11)10-18-16(19)14-7-12(2)8-15(17)9-14/h7-9,11,13H,3-6,10,17H2,1-2H3,(H,18,19). The van der Waals surface area contributed by atoms with Crippen LogP contribution in [0.5, 0.6) is 0 Å². The van der Waals surface area contributed by atoms with Crippen LogP contribution in [0.15, 0.2) is 18.2 Å². The molecule has 1 aromatic rings. The molecule has 0 radical (unpaired) electrons. The average Bonchev–Trinajstić information content (AvgIpc) is 2.35. The molecular weight excluding hydrogens is 236 g/mol. The second kappa shape index (κ2) is 6.09. The number of anilines is 1. The summed E-state index contributed by atoms with van der Waals surface area (Å²) in [6, 6.07) is 5.50. The predicted molar refractivity (Wildman–Crippen MR) is 79.0 cm³/mol. The van der Waals surface area contributed by atoms with E-state index in [2.05, 4.69) is 12.2 Å². The molecule has 0 aromatic heterocycles. The Morgan fingerprint density at radius 2 is 2.16 bits per heavy atom. The lowest BCUT2D eigenvalue weighted by atomic mass is 9.82. The zero-order valence-corrected chi connectivity index (χ0v) is 11.9. The second-order valence-corrected chi connectivity index (χ2v) is 5.98. The van der Waals surface area contributed by atoms with E-state index in [1.165, 1.54) is 25.7 Å². The molecule has 3 N–H and O–H groups in total. The van der Waals surface area contributed by atoms with Gasteiger partial charge >= 0.3 is 0 Å². The third kappa shape index (κ3) is 3.98. The van der Waals surface area contributed by atoms with Gasteiger partial charge in [0.15, 0.2) is 0 Å². The van der Waals surface area contributed by atoms with Gasteiger partial charge in [0.2, 0.25) is 0 Å². The van der Waals surface area contributed by atoms with Gasteiger partial charge in [0.1, 0.15) is 0 Å². The van der Waals surface area contributed by atoms with Crippen LogP contribution in [0, 0.1) is 18.8 Å². The molecule has 1 saturated carbocycles. The molecule has 3 heteroatoms. The second-order valence-electron chi connectivity index (χ2n) is 5.98. The molecule has 1 aromatic carbocycles. The number of amides is 1.